The molecule has 0 amide bonds. The van der Waals surface area contributed by atoms with Gasteiger partial charge in [0.15, 0.2) is 0 Å². The Morgan fingerprint density at radius 1 is 1.36 bits per heavy atom. The summed E-state index contributed by atoms with van der Waals surface area (Å²) in [5.41, 5.74) is 1.18. The topological polar surface area (TPSA) is 56.5 Å². The van der Waals surface area contributed by atoms with Crippen molar-refractivity contribution in [3.05, 3.63) is 68.7 Å². The molecule has 28 heavy (non-hydrogen) atoms. The van der Waals surface area contributed by atoms with E-state index in [0.717, 1.165) is 16.5 Å². The van der Waals surface area contributed by atoms with Crippen LogP contribution in [-0.4, -0.2) is 22.5 Å². The molecule has 0 saturated carbocycles. The van der Waals surface area contributed by atoms with E-state index in [1.165, 1.54) is 4.68 Å². The van der Waals surface area contributed by atoms with Crippen LogP contribution in [0.25, 0.3) is 10.9 Å². The maximum absolute atomic E-state index is 13.1. The van der Waals surface area contributed by atoms with Gasteiger partial charge in [-0.2, -0.15) is 9.78 Å². The third-order valence-electron chi connectivity index (χ3n) is 4.43. The molecule has 0 fully saturated rings. The zero-order valence-corrected chi connectivity index (χ0v) is 17.3. The van der Waals surface area contributed by atoms with E-state index in [1.54, 1.807) is 12.3 Å². The average Bonchev–Trinajstić information content (AvgIpc) is 2.71. The summed E-state index contributed by atoms with van der Waals surface area (Å²) in [5, 5.41) is 4.97. The number of halogens is 1. The van der Waals surface area contributed by atoms with Crippen molar-refractivity contribution in [1.82, 2.24) is 9.66 Å². The standard InChI is InChI=1S/C22H20BrN3O2/c1-4-12-28-20-9-7-6-8-16(20)14-24-26-21(15(3)5-2)25-19-11-10-17(23)13-18(19)22(26)27/h1,6-11,13-15H,5,12H2,2-3H3/t15-/m0/s1. The number of ether oxygens (including phenoxy) is 1. The molecule has 3 rings (SSSR count). The maximum atomic E-state index is 13.1. The van der Waals surface area contributed by atoms with Crippen molar-refractivity contribution in [1.29, 1.82) is 0 Å². The fourth-order valence-electron chi connectivity index (χ4n) is 2.74. The molecule has 0 N–H and O–H groups in total. The normalized spacial score (nSPS) is 12.2. The summed E-state index contributed by atoms with van der Waals surface area (Å²) in [6, 6.07) is 12.9. The zero-order valence-electron chi connectivity index (χ0n) is 15.7. The van der Waals surface area contributed by atoms with Crippen LogP contribution in [0, 0.1) is 12.3 Å². The van der Waals surface area contributed by atoms with Crippen molar-refractivity contribution in [3.63, 3.8) is 0 Å². The fourth-order valence-corrected chi connectivity index (χ4v) is 3.10. The van der Waals surface area contributed by atoms with Gasteiger partial charge >= 0.3 is 0 Å². The van der Waals surface area contributed by atoms with Gasteiger partial charge < -0.3 is 4.74 Å². The summed E-state index contributed by atoms with van der Waals surface area (Å²) in [5.74, 6) is 3.76. The van der Waals surface area contributed by atoms with Gasteiger partial charge in [-0.25, -0.2) is 4.98 Å². The largest absolute Gasteiger partial charge is 0.480 e. The number of benzene rings is 2. The van der Waals surface area contributed by atoms with Crippen molar-refractivity contribution in [2.75, 3.05) is 6.61 Å². The highest BCUT2D eigenvalue weighted by Crippen LogP contribution is 2.21. The molecule has 0 unspecified atom stereocenters. The first-order valence-corrected chi connectivity index (χ1v) is 9.76. The molecule has 5 nitrogen and oxygen atoms in total. The molecule has 0 spiro atoms. The molecule has 0 aliphatic carbocycles. The van der Waals surface area contributed by atoms with Crippen LogP contribution >= 0.6 is 15.9 Å². The minimum Gasteiger partial charge on any atom is -0.480 e. The van der Waals surface area contributed by atoms with E-state index in [2.05, 4.69) is 33.9 Å². The molecule has 142 valence electrons. The van der Waals surface area contributed by atoms with Gasteiger partial charge in [-0.3, -0.25) is 4.79 Å². The van der Waals surface area contributed by atoms with Crippen LogP contribution in [0.4, 0.5) is 0 Å². The Morgan fingerprint density at radius 2 is 2.14 bits per heavy atom. The summed E-state index contributed by atoms with van der Waals surface area (Å²) in [7, 11) is 0. The van der Waals surface area contributed by atoms with Crippen LogP contribution in [0.15, 0.2) is 56.8 Å². The molecule has 0 radical (unpaired) electrons. The van der Waals surface area contributed by atoms with Crippen molar-refractivity contribution in [3.8, 4) is 18.1 Å². The molecule has 1 aromatic heterocycles. The molecule has 0 aliphatic heterocycles. The van der Waals surface area contributed by atoms with Crippen molar-refractivity contribution >= 4 is 33.0 Å². The Labute approximate surface area is 172 Å². The minimum absolute atomic E-state index is 0.0748. The molecule has 3 aromatic rings. The number of nitrogens with zero attached hydrogens (tertiary/aromatic N) is 3. The van der Waals surface area contributed by atoms with Gasteiger partial charge in [-0.1, -0.05) is 47.8 Å². The van der Waals surface area contributed by atoms with Crippen LogP contribution < -0.4 is 10.3 Å². The third-order valence-corrected chi connectivity index (χ3v) is 4.92. The van der Waals surface area contributed by atoms with Crippen molar-refractivity contribution in [2.24, 2.45) is 5.10 Å². The lowest BCUT2D eigenvalue weighted by Crippen LogP contribution is -2.23. The van der Waals surface area contributed by atoms with Crippen LogP contribution in [0.3, 0.4) is 0 Å². The molecular weight excluding hydrogens is 418 g/mol. The Morgan fingerprint density at radius 3 is 2.89 bits per heavy atom. The van der Waals surface area contributed by atoms with E-state index in [-0.39, 0.29) is 18.1 Å². The first-order chi connectivity index (χ1) is 13.5. The summed E-state index contributed by atoms with van der Waals surface area (Å²) in [6.07, 6.45) is 7.72. The second-order valence-electron chi connectivity index (χ2n) is 6.33. The zero-order chi connectivity index (χ0) is 20.1. The second-order valence-corrected chi connectivity index (χ2v) is 7.25. The second kappa shape index (κ2) is 8.85. The minimum atomic E-state index is -0.208. The van der Waals surface area contributed by atoms with E-state index in [0.29, 0.717) is 22.5 Å². The maximum Gasteiger partial charge on any atom is 0.282 e. The number of para-hydroxylation sites is 1. The van der Waals surface area contributed by atoms with Gasteiger partial charge in [0.1, 0.15) is 18.2 Å². The first-order valence-electron chi connectivity index (χ1n) is 8.97. The van der Waals surface area contributed by atoms with Gasteiger partial charge in [-0.05, 0) is 36.8 Å². The number of terminal acetylenes is 1. The van der Waals surface area contributed by atoms with Gasteiger partial charge in [-0.15, -0.1) is 6.42 Å². The SMILES string of the molecule is C#CCOc1ccccc1C=Nn1c([C@@H](C)CC)nc2ccc(Br)cc2c1=O. The molecule has 1 heterocycles. The highest BCUT2D eigenvalue weighted by atomic mass is 79.9. The van der Waals surface area contributed by atoms with E-state index in [1.807, 2.05) is 43.3 Å². The van der Waals surface area contributed by atoms with E-state index >= 15 is 0 Å². The average molecular weight is 438 g/mol. The Hall–Kier alpha value is -2.91. The van der Waals surface area contributed by atoms with Crippen molar-refractivity contribution in [2.45, 2.75) is 26.2 Å². The van der Waals surface area contributed by atoms with Gasteiger partial charge in [0, 0.05) is 16.0 Å². The van der Waals surface area contributed by atoms with Crippen molar-refractivity contribution < 1.29 is 4.74 Å². The molecule has 0 bridgehead atoms. The predicted molar refractivity (Wildman–Crippen MR) is 116 cm³/mol. The van der Waals surface area contributed by atoms with E-state index in [9.17, 15) is 4.79 Å². The Bertz CT molecular complexity index is 1130. The summed E-state index contributed by atoms with van der Waals surface area (Å²) >= 11 is 3.41. The smallest absolute Gasteiger partial charge is 0.282 e. The molecule has 1 atom stereocenters. The van der Waals surface area contributed by atoms with Crippen LogP contribution in [0.2, 0.25) is 0 Å². The van der Waals surface area contributed by atoms with Gasteiger partial charge in [0.25, 0.3) is 5.56 Å². The van der Waals surface area contributed by atoms with Crippen LogP contribution in [0.1, 0.15) is 37.6 Å². The lowest BCUT2D eigenvalue weighted by atomic mass is 10.1. The molecule has 6 heteroatoms. The molecule has 2 aromatic carbocycles. The fraction of sp³-hybridized carbons (Fsp3) is 0.227. The molecular formula is C22H20BrN3O2. The first kappa shape index (κ1) is 19.8. The lowest BCUT2D eigenvalue weighted by molar-refractivity contribution is 0.370. The molecule has 0 aliphatic rings. The summed E-state index contributed by atoms with van der Waals surface area (Å²) < 4.78 is 7.75. The number of hydrogen-bond acceptors (Lipinski definition) is 4. The predicted octanol–water partition coefficient (Wildman–Crippen LogP) is 4.57. The lowest BCUT2D eigenvalue weighted by Gasteiger charge is -2.14. The number of rotatable bonds is 6. The summed E-state index contributed by atoms with van der Waals surface area (Å²) in [4.78, 5) is 17.8. The quantitative estimate of drug-likeness (QED) is 0.419. The van der Waals surface area contributed by atoms with E-state index < -0.39 is 0 Å². The number of hydrogen-bond donors (Lipinski definition) is 0. The van der Waals surface area contributed by atoms with Gasteiger partial charge in [0.05, 0.1) is 17.1 Å². The van der Waals surface area contributed by atoms with Crippen LogP contribution in [-0.2, 0) is 0 Å². The van der Waals surface area contributed by atoms with Crippen LogP contribution in [0.5, 0.6) is 5.75 Å². The Balaban J connectivity index is 2.14. The monoisotopic (exact) mass is 437 g/mol. The highest BCUT2D eigenvalue weighted by molar-refractivity contribution is 9.10. The Kier molecular flexibility index (Phi) is 6.27. The van der Waals surface area contributed by atoms with Gasteiger partial charge in [0.2, 0.25) is 0 Å². The number of fused-ring (bicyclic) bond motifs is 1. The highest BCUT2D eigenvalue weighted by Gasteiger charge is 2.15. The summed E-state index contributed by atoms with van der Waals surface area (Å²) in [6.45, 7) is 4.25. The van der Waals surface area contributed by atoms with E-state index in [4.69, 9.17) is 16.1 Å². The molecule has 0 saturated heterocycles. The number of aromatic nitrogens is 2. The third kappa shape index (κ3) is 4.15.